The van der Waals surface area contributed by atoms with Crippen LogP contribution in [0.5, 0.6) is 11.5 Å². The van der Waals surface area contributed by atoms with Crippen molar-refractivity contribution in [2.45, 2.75) is 12.6 Å². The van der Waals surface area contributed by atoms with E-state index in [1.165, 1.54) is 6.21 Å². The molecule has 3 aromatic heterocycles. The monoisotopic (exact) mass is 430 g/mol. The predicted octanol–water partition coefficient (Wildman–Crippen LogP) is 2.64. The molecule has 9 nitrogen and oxygen atoms in total. The predicted molar refractivity (Wildman–Crippen MR) is 122 cm³/mol. The highest BCUT2D eigenvalue weighted by molar-refractivity contribution is 6.16. The number of hydrogen-bond acceptors (Lipinski definition) is 7. The molecule has 1 unspecified atom stereocenters. The molecule has 5 rings (SSSR count). The van der Waals surface area contributed by atoms with Crippen LogP contribution < -0.4 is 20.5 Å². The van der Waals surface area contributed by atoms with Crippen LogP contribution in [0.4, 0.5) is 0 Å². The third-order valence-corrected chi connectivity index (χ3v) is 5.77. The Morgan fingerprint density at radius 3 is 2.91 bits per heavy atom. The summed E-state index contributed by atoms with van der Waals surface area (Å²) in [5.41, 5.74) is 3.83. The number of methoxy groups -OCH3 is 1. The highest BCUT2D eigenvalue weighted by Gasteiger charge is 2.31. The summed E-state index contributed by atoms with van der Waals surface area (Å²) in [7, 11) is 5.07. The first-order chi connectivity index (χ1) is 15.6. The second-order valence-corrected chi connectivity index (χ2v) is 7.52. The minimum Gasteiger partial charge on any atom is -0.496 e. The van der Waals surface area contributed by atoms with Gasteiger partial charge in [0.1, 0.15) is 11.5 Å². The van der Waals surface area contributed by atoms with E-state index in [1.807, 2.05) is 24.3 Å². The van der Waals surface area contributed by atoms with Gasteiger partial charge in [-0.05, 0) is 12.1 Å². The van der Waals surface area contributed by atoms with Gasteiger partial charge in [0.15, 0.2) is 6.10 Å². The molecule has 0 bridgehead atoms. The van der Waals surface area contributed by atoms with Crippen molar-refractivity contribution >= 4 is 33.7 Å². The molecule has 4 heterocycles. The molecule has 9 heteroatoms. The van der Waals surface area contributed by atoms with Crippen molar-refractivity contribution in [2.75, 3.05) is 14.2 Å². The Labute approximate surface area is 183 Å². The molecule has 0 spiro atoms. The summed E-state index contributed by atoms with van der Waals surface area (Å²) in [6.45, 7) is 0.290. The maximum absolute atomic E-state index is 13.2. The summed E-state index contributed by atoms with van der Waals surface area (Å²) in [6, 6.07) is 7.42. The van der Waals surface area contributed by atoms with Crippen molar-refractivity contribution in [3.63, 3.8) is 0 Å². The van der Waals surface area contributed by atoms with Crippen LogP contribution >= 0.6 is 0 Å². The van der Waals surface area contributed by atoms with Gasteiger partial charge in [0, 0.05) is 44.3 Å². The Balaban J connectivity index is 1.96. The van der Waals surface area contributed by atoms with Crippen LogP contribution in [-0.4, -0.2) is 39.5 Å². The van der Waals surface area contributed by atoms with E-state index in [1.54, 1.807) is 48.9 Å². The van der Waals surface area contributed by atoms with Crippen molar-refractivity contribution in [3.8, 4) is 11.5 Å². The first-order valence-electron chi connectivity index (χ1n) is 10.1. The fourth-order valence-corrected chi connectivity index (χ4v) is 4.30. The lowest BCUT2D eigenvalue weighted by molar-refractivity contribution is 0.183. The van der Waals surface area contributed by atoms with E-state index in [0.29, 0.717) is 51.3 Å². The number of allylic oxidation sites excluding steroid dienone is 1. The first kappa shape index (κ1) is 19.8. The maximum Gasteiger partial charge on any atom is 0.329 e. The van der Waals surface area contributed by atoms with Crippen LogP contribution in [0.1, 0.15) is 17.4 Å². The summed E-state index contributed by atoms with van der Waals surface area (Å²) in [6.07, 6.45) is 5.83. The fourth-order valence-electron chi connectivity index (χ4n) is 4.30. The Morgan fingerprint density at radius 2 is 2.22 bits per heavy atom. The van der Waals surface area contributed by atoms with E-state index in [2.05, 4.69) is 15.3 Å². The molecule has 0 fully saturated rings. The smallest absolute Gasteiger partial charge is 0.329 e. The topological polar surface area (TPSA) is 107 Å². The number of aromatic nitrogens is 4. The summed E-state index contributed by atoms with van der Waals surface area (Å²) < 4.78 is 15.6. The molecule has 2 N–H and O–H groups in total. The zero-order valence-electron chi connectivity index (χ0n) is 17.9. The van der Waals surface area contributed by atoms with Gasteiger partial charge in [0.2, 0.25) is 0 Å². The molecule has 0 saturated heterocycles. The van der Waals surface area contributed by atoms with Crippen LogP contribution in [0, 0.1) is 5.41 Å². The van der Waals surface area contributed by atoms with E-state index < -0.39 is 6.10 Å². The van der Waals surface area contributed by atoms with Crippen molar-refractivity contribution in [2.24, 2.45) is 7.05 Å². The lowest BCUT2D eigenvalue weighted by Gasteiger charge is -2.21. The van der Waals surface area contributed by atoms with Gasteiger partial charge < -0.3 is 20.2 Å². The number of ether oxygens (including phenoxy) is 2. The highest BCUT2D eigenvalue weighted by Crippen LogP contribution is 2.46. The molecule has 0 amide bonds. The zero-order chi connectivity index (χ0) is 22.4. The van der Waals surface area contributed by atoms with Crippen molar-refractivity contribution < 1.29 is 9.47 Å². The summed E-state index contributed by atoms with van der Waals surface area (Å²) >= 11 is 0. The Bertz CT molecular complexity index is 1450. The van der Waals surface area contributed by atoms with Crippen LogP contribution in [0.25, 0.3) is 27.5 Å². The average molecular weight is 430 g/mol. The van der Waals surface area contributed by atoms with Gasteiger partial charge in [-0.3, -0.25) is 19.1 Å². The second kappa shape index (κ2) is 7.52. The normalized spacial score (nSPS) is 15.6. The van der Waals surface area contributed by atoms with Gasteiger partial charge in [-0.1, -0.05) is 6.07 Å². The molecule has 0 saturated carbocycles. The van der Waals surface area contributed by atoms with Crippen molar-refractivity contribution in [3.05, 3.63) is 64.6 Å². The summed E-state index contributed by atoms with van der Waals surface area (Å²) in [4.78, 5) is 22.2. The first-order valence-corrected chi connectivity index (χ1v) is 10.1. The molecule has 32 heavy (non-hydrogen) atoms. The summed E-state index contributed by atoms with van der Waals surface area (Å²) in [5.74, 6) is 1.03. The van der Waals surface area contributed by atoms with E-state index >= 15 is 0 Å². The van der Waals surface area contributed by atoms with Crippen molar-refractivity contribution in [1.82, 2.24) is 24.4 Å². The number of rotatable bonds is 5. The molecule has 0 radical (unpaired) electrons. The van der Waals surface area contributed by atoms with Crippen LogP contribution in [0.2, 0.25) is 0 Å². The fraction of sp³-hybridized carbons (Fsp3) is 0.217. The minimum absolute atomic E-state index is 0.151. The molecular weight excluding hydrogens is 408 g/mol. The minimum atomic E-state index is -0.525. The number of imidazole rings is 1. The quantitative estimate of drug-likeness (QED) is 0.472. The van der Waals surface area contributed by atoms with Crippen LogP contribution in [0.3, 0.4) is 0 Å². The Hall–Kier alpha value is -4.14. The molecule has 162 valence electrons. The van der Waals surface area contributed by atoms with Gasteiger partial charge in [-0.2, -0.15) is 0 Å². The van der Waals surface area contributed by atoms with Gasteiger partial charge in [0.05, 0.1) is 53.0 Å². The van der Waals surface area contributed by atoms with E-state index in [4.69, 9.17) is 14.9 Å². The standard InChI is InChI=1S/C23H22N6O3/c1-25-10-13(9-24)19-17(31-3)8-15-20-21-16(11-27-15)28(2)23(30)29(21)12-18(32-22(19)20)14-6-4-5-7-26-14/h4-11,18,24-25H,12H2,1-3H3/b13-10+,24-9?. The third-order valence-electron chi connectivity index (χ3n) is 5.77. The van der Waals surface area contributed by atoms with Crippen LogP contribution in [-0.2, 0) is 13.6 Å². The van der Waals surface area contributed by atoms with Gasteiger partial charge in [-0.25, -0.2) is 4.79 Å². The Kier molecular flexibility index (Phi) is 4.66. The molecule has 1 aliphatic heterocycles. The van der Waals surface area contributed by atoms with Crippen LogP contribution in [0.15, 0.2) is 47.7 Å². The largest absolute Gasteiger partial charge is 0.496 e. The lowest BCUT2D eigenvalue weighted by atomic mass is 10.0. The number of nitrogens with zero attached hydrogens (tertiary/aromatic N) is 4. The molecule has 4 aromatic rings. The molecule has 0 aliphatic carbocycles. The van der Waals surface area contributed by atoms with Gasteiger partial charge >= 0.3 is 5.69 Å². The highest BCUT2D eigenvalue weighted by atomic mass is 16.5. The van der Waals surface area contributed by atoms with Gasteiger partial charge in [0.25, 0.3) is 0 Å². The number of pyridine rings is 2. The Morgan fingerprint density at radius 1 is 1.38 bits per heavy atom. The number of aryl methyl sites for hydroxylation is 1. The van der Waals surface area contributed by atoms with E-state index in [9.17, 15) is 4.79 Å². The number of hydrogen-bond donors (Lipinski definition) is 2. The van der Waals surface area contributed by atoms with E-state index in [-0.39, 0.29) is 5.69 Å². The molecular formula is C23H22N6O3. The third kappa shape index (κ3) is 2.78. The van der Waals surface area contributed by atoms with E-state index in [0.717, 1.165) is 5.52 Å². The van der Waals surface area contributed by atoms with Crippen molar-refractivity contribution in [1.29, 1.82) is 5.41 Å². The maximum atomic E-state index is 13.2. The van der Waals surface area contributed by atoms with Gasteiger partial charge in [-0.15, -0.1) is 0 Å². The molecule has 1 aliphatic rings. The number of nitrogens with one attached hydrogen (secondary N) is 2. The number of benzene rings is 1. The lowest BCUT2D eigenvalue weighted by Crippen LogP contribution is -2.26. The molecule has 1 atom stereocenters. The molecule has 1 aromatic carbocycles. The SMILES string of the molecule is CN/C=C(\C=N)c1c(OC)cc2ncc3c4c2c1OC(c1ccccn1)Cn4c(=O)n3C. The zero-order valence-corrected chi connectivity index (χ0v) is 17.9. The summed E-state index contributed by atoms with van der Waals surface area (Å²) in [5, 5.41) is 11.7. The average Bonchev–Trinajstić information content (AvgIpc) is 2.96. The second-order valence-electron chi connectivity index (χ2n) is 7.52.